The Balaban J connectivity index is 5.23. The summed E-state index contributed by atoms with van der Waals surface area (Å²) in [5.41, 5.74) is 0.734. The van der Waals surface area contributed by atoms with Gasteiger partial charge in [0.15, 0.2) is 0 Å². The van der Waals surface area contributed by atoms with Gasteiger partial charge >= 0.3 is 11.9 Å². The van der Waals surface area contributed by atoms with Gasteiger partial charge in [-0.05, 0) is 20.3 Å². The van der Waals surface area contributed by atoms with Crippen LogP contribution in [0, 0.1) is 5.92 Å². The standard InChI is InChI=1S/C13H21NO5/c1-5-10(13(18)19)14(7-9(4)12(16)17)11(15)6-8(2)3/h6,9-10H,5,7H2,1-4H3,(H,16,17)(H,18,19). The summed E-state index contributed by atoms with van der Waals surface area (Å²) in [6.07, 6.45) is 1.55. The van der Waals surface area contributed by atoms with Gasteiger partial charge in [-0.2, -0.15) is 0 Å². The topological polar surface area (TPSA) is 94.9 Å². The van der Waals surface area contributed by atoms with Crippen LogP contribution < -0.4 is 0 Å². The first-order chi connectivity index (χ1) is 8.70. The Hall–Kier alpha value is -1.85. The number of nitrogens with zero attached hydrogens (tertiary/aromatic N) is 1. The van der Waals surface area contributed by atoms with Crippen molar-refractivity contribution in [3.05, 3.63) is 11.6 Å². The van der Waals surface area contributed by atoms with Crippen molar-refractivity contribution in [3.8, 4) is 0 Å². The molecule has 0 aliphatic heterocycles. The van der Waals surface area contributed by atoms with Crippen molar-refractivity contribution in [2.24, 2.45) is 5.92 Å². The molecule has 2 atom stereocenters. The normalized spacial score (nSPS) is 13.3. The number of rotatable bonds is 7. The molecule has 0 saturated carbocycles. The van der Waals surface area contributed by atoms with Crippen molar-refractivity contribution in [2.75, 3.05) is 6.54 Å². The molecule has 0 aromatic rings. The third kappa shape index (κ3) is 5.54. The molecule has 0 saturated heterocycles. The number of carbonyl (C=O) groups is 3. The van der Waals surface area contributed by atoms with E-state index in [0.717, 1.165) is 10.5 Å². The van der Waals surface area contributed by atoms with E-state index in [4.69, 9.17) is 10.2 Å². The van der Waals surface area contributed by atoms with E-state index in [2.05, 4.69) is 0 Å². The first kappa shape index (κ1) is 17.2. The summed E-state index contributed by atoms with van der Waals surface area (Å²) in [5, 5.41) is 18.0. The Morgan fingerprint density at radius 2 is 1.68 bits per heavy atom. The van der Waals surface area contributed by atoms with E-state index in [-0.39, 0.29) is 13.0 Å². The number of allylic oxidation sites excluding steroid dienone is 1. The van der Waals surface area contributed by atoms with E-state index in [1.807, 2.05) is 0 Å². The monoisotopic (exact) mass is 271 g/mol. The molecule has 0 fully saturated rings. The largest absolute Gasteiger partial charge is 0.481 e. The van der Waals surface area contributed by atoms with Crippen LogP contribution in [0.1, 0.15) is 34.1 Å². The van der Waals surface area contributed by atoms with Crippen molar-refractivity contribution >= 4 is 17.8 Å². The number of carbonyl (C=O) groups excluding carboxylic acids is 1. The minimum Gasteiger partial charge on any atom is -0.481 e. The summed E-state index contributed by atoms with van der Waals surface area (Å²) in [4.78, 5) is 35.1. The van der Waals surface area contributed by atoms with Crippen molar-refractivity contribution in [1.29, 1.82) is 0 Å². The molecule has 0 aromatic heterocycles. The molecule has 0 bridgehead atoms. The number of aliphatic carboxylic acids is 2. The fourth-order valence-corrected chi connectivity index (χ4v) is 1.60. The highest BCUT2D eigenvalue weighted by molar-refractivity contribution is 5.92. The van der Waals surface area contributed by atoms with E-state index in [9.17, 15) is 14.4 Å². The first-order valence-corrected chi connectivity index (χ1v) is 6.11. The number of hydrogen-bond donors (Lipinski definition) is 2. The molecule has 0 spiro atoms. The highest BCUT2D eigenvalue weighted by Crippen LogP contribution is 2.11. The van der Waals surface area contributed by atoms with Crippen LogP contribution >= 0.6 is 0 Å². The summed E-state index contributed by atoms with van der Waals surface area (Å²) in [6.45, 7) is 6.41. The van der Waals surface area contributed by atoms with Gasteiger partial charge in [-0.25, -0.2) is 4.79 Å². The summed E-state index contributed by atoms with van der Waals surface area (Å²) in [6, 6.07) is -1.01. The fourth-order valence-electron chi connectivity index (χ4n) is 1.60. The van der Waals surface area contributed by atoms with Crippen molar-refractivity contribution < 1.29 is 24.6 Å². The Labute approximate surface area is 112 Å². The zero-order chi connectivity index (χ0) is 15.2. The minimum atomic E-state index is -1.13. The Bertz CT molecular complexity index is 384. The molecular weight excluding hydrogens is 250 g/mol. The maximum atomic E-state index is 12.0. The highest BCUT2D eigenvalue weighted by atomic mass is 16.4. The summed E-state index contributed by atoms with van der Waals surface area (Å²) in [7, 11) is 0. The zero-order valence-electron chi connectivity index (χ0n) is 11.7. The molecule has 2 unspecified atom stereocenters. The van der Waals surface area contributed by atoms with Crippen LogP contribution in [0.2, 0.25) is 0 Å². The van der Waals surface area contributed by atoms with Gasteiger partial charge in [0.25, 0.3) is 0 Å². The SMILES string of the molecule is CCC(C(=O)O)N(CC(C)C(=O)O)C(=O)C=C(C)C. The molecule has 0 rings (SSSR count). The lowest BCUT2D eigenvalue weighted by molar-refractivity contribution is -0.151. The van der Waals surface area contributed by atoms with Crippen LogP contribution in [0.15, 0.2) is 11.6 Å². The Morgan fingerprint density at radius 3 is 2.00 bits per heavy atom. The van der Waals surface area contributed by atoms with Crippen LogP contribution in [-0.4, -0.2) is 45.5 Å². The lowest BCUT2D eigenvalue weighted by Gasteiger charge is -2.29. The molecule has 0 aromatic carbocycles. The number of carboxylic acids is 2. The Morgan fingerprint density at radius 1 is 1.16 bits per heavy atom. The molecule has 6 heteroatoms. The molecule has 0 radical (unpaired) electrons. The van der Waals surface area contributed by atoms with Crippen molar-refractivity contribution in [1.82, 2.24) is 4.90 Å². The lowest BCUT2D eigenvalue weighted by atomic mass is 10.1. The second-order valence-corrected chi connectivity index (χ2v) is 4.71. The first-order valence-electron chi connectivity index (χ1n) is 6.11. The van der Waals surface area contributed by atoms with Crippen molar-refractivity contribution in [3.63, 3.8) is 0 Å². The predicted molar refractivity (Wildman–Crippen MR) is 69.7 cm³/mol. The second kappa shape index (κ2) is 7.56. The van der Waals surface area contributed by atoms with Crippen molar-refractivity contribution in [2.45, 2.75) is 40.2 Å². The molecule has 2 N–H and O–H groups in total. The summed E-state index contributed by atoms with van der Waals surface area (Å²) < 4.78 is 0. The van der Waals surface area contributed by atoms with Crippen LogP contribution in [0.3, 0.4) is 0 Å². The van der Waals surface area contributed by atoms with Gasteiger partial charge in [0.2, 0.25) is 5.91 Å². The maximum Gasteiger partial charge on any atom is 0.326 e. The molecule has 108 valence electrons. The van der Waals surface area contributed by atoms with Gasteiger partial charge in [0.1, 0.15) is 6.04 Å². The highest BCUT2D eigenvalue weighted by Gasteiger charge is 2.29. The van der Waals surface area contributed by atoms with Crippen LogP contribution in [-0.2, 0) is 14.4 Å². The van der Waals surface area contributed by atoms with Gasteiger partial charge in [-0.3, -0.25) is 9.59 Å². The molecule has 0 aliphatic rings. The van der Waals surface area contributed by atoms with E-state index in [1.165, 1.54) is 13.0 Å². The zero-order valence-corrected chi connectivity index (χ0v) is 11.7. The third-order valence-corrected chi connectivity index (χ3v) is 2.64. The number of carboxylic acid groups (broad SMARTS) is 2. The van der Waals surface area contributed by atoms with Gasteiger partial charge in [-0.1, -0.05) is 19.4 Å². The second-order valence-electron chi connectivity index (χ2n) is 4.71. The number of hydrogen-bond acceptors (Lipinski definition) is 3. The quantitative estimate of drug-likeness (QED) is 0.682. The molecular formula is C13H21NO5. The van der Waals surface area contributed by atoms with E-state index < -0.39 is 29.8 Å². The van der Waals surface area contributed by atoms with Gasteiger partial charge in [0, 0.05) is 12.6 Å². The van der Waals surface area contributed by atoms with Crippen LogP contribution in [0.25, 0.3) is 0 Å². The van der Waals surface area contributed by atoms with E-state index >= 15 is 0 Å². The summed E-state index contributed by atoms with van der Waals surface area (Å²) >= 11 is 0. The average Bonchev–Trinajstić information content (AvgIpc) is 2.26. The van der Waals surface area contributed by atoms with Gasteiger partial charge < -0.3 is 15.1 Å². The Kier molecular flexibility index (Phi) is 6.82. The number of amides is 1. The van der Waals surface area contributed by atoms with Gasteiger partial charge in [-0.15, -0.1) is 0 Å². The smallest absolute Gasteiger partial charge is 0.326 e. The average molecular weight is 271 g/mol. The molecule has 0 heterocycles. The lowest BCUT2D eigenvalue weighted by Crippen LogP contribution is -2.47. The van der Waals surface area contributed by atoms with Crippen LogP contribution in [0.4, 0.5) is 0 Å². The van der Waals surface area contributed by atoms with Gasteiger partial charge in [0.05, 0.1) is 5.92 Å². The molecule has 6 nitrogen and oxygen atoms in total. The molecule has 19 heavy (non-hydrogen) atoms. The predicted octanol–water partition coefficient (Wildman–Crippen LogP) is 1.37. The third-order valence-electron chi connectivity index (χ3n) is 2.64. The minimum absolute atomic E-state index is 0.122. The van der Waals surface area contributed by atoms with E-state index in [1.54, 1.807) is 20.8 Å². The van der Waals surface area contributed by atoms with Crippen LogP contribution in [0.5, 0.6) is 0 Å². The molecule has 0 aliphatic carbocycles. The fraction of sp³-hybridized carbons (Fsp3) is 0.615. The molecule has 1 amide bonds. The summed E-state index contributed by atoms with van der Waals surface area (Å²) in [5.74, 6) is -3.48. The van der Waals surface area contributed by atoms with E-state index in [0.29, 0.717) is 0 Å². The maximum absolute atomic E-state index is 12.0.